The fourth-order valence-corrected chi connectivity index (χ4v) is 1.89. The van der Waals surface area contributed by atoms with Crippen LogP contribution in [-0.2, 0) is 0 Å². The first-order valence-electron chi connectivity index (χ1n) is 5.53. The highest BCUT2D eigenvalue weighted by atomic mass is 35.5. The number of ether oxygens (including phenoxy) is 1. The molecule has 0 aliphatic carbocycles. The molecule has 1 heterocycles. The van der Waals surface area contributed by atoms with Gasteiger partial charge >= 0.3 is 0 Å². The highest BCUT2D eigenvalue weighted by Crippen LogP contribution is 2.34. The van der Waals surface area contributed by atoms with Crippen LogP contribution in [0.3, 0.4) is 0 Å². The van der Waals surface area contributed by atoms with Crippen LogP contribution in [-0.4, -0.2) is 19.1 Å². The number of hydrogen-bond donors (Lipinski definition) is 1. The van der Waals surface area contributed by atoms with Crippen LogP contribution in [0.25, 0.3) is 0 Å². The molecule has 19 heavy (non-hydrogen) atoms. The SMILES string of the molecule is CN(C)c1ccc(N)c(Oc2ncc(Cl)cc2Cl)c1. The number of halogens is 2. The molecule has 4 nitrogen and oxygen atoms in total. The predicted molar refractivity (Wildman–Crippen MR) is 79.5 cm³/mol. The Bertz CT molecular complexity index is 602. The van der Waals surface area contributed by atoms with Gasteiger partial charge in [-0.15, -0.1) is 0 Å². The van der Waals surface area contributed by atoms with E-state index in [1.807, 2.05) is 31.1 Å². The number of nitrogens with two attached hydrogens (primary N) is 1. The molecule has 0 bridgehead atoms. The summed E-state index contributed by atoms with van der Waals surface area (Å²) in [6.07, 6.45) is 1.47. The quantitative estimate of drug-likeness (QED) is 0.875. The van der Waals surface area contributed by atoms with Crippen molar-refractivity contribution in [1.29, 1.82) is 0 Å². The van der Waals surface area contributed by atoms with Crippen molar-refractivity contribution < 1.29 is 4.74 Å². The van der Waals surface area contributed by atoms with Gasteiger partial charge in [0.1, 0.15) is 5.02 Å². The summed E-state index contributed by atoms with van der Waals surface area (Å²) in [6.45, 7) is 0. The Morgan fingerprint density at radius 1 is 1.21 bits per heavy atom. The standard InChI is InChI=1S/C13H13Cl2N3O/c1-18(2)9-3-4-11(16)12(6-9)19-13-10(15)5-8(14)7-17-13/h3-7H,16H2,1-2H3. The molecule has 0 saturated heterocycles. The molecule has 2 rings (SSSR count). The van der Waals surface area contributed by atoms with Gasteiger partial charge in [0.15, 0.2) is 5.75 Å². The van der Waals surface area contributed by atoms with Crippen molar-refractivity contribution in [2.45, 2.75) is 0 Å². The molecule has 0 amide bonds. The molecular formula is C13H13Cl2N3O. The number of pyridine rings is 1. The lowest BCUT2D eigenvalue weighted by Gasteiger charge is -2.15. The number of hydrogen-bond acceptors (Lipinski definition) is 4. The van der Waals surface area contributed by atoms with Gasteiger partial charge in [0.05, 0.1) is 10.7 Å². The van der Waals surface area contributed by atoms with Crippen molar-refractivity contribution >= 4 is 34.6 Å². The van der Waals surface area contributed by atoms with E-state index in [9.17, 15) is 0 Å². The molecule has 0 spiro atoms. The highest BCUT2D eigenvalue weighted by Gasteiger charge is 2.09. The summed E-state index contributed by atoms with van der Waals surface area (Å²) in [6, 6.07) is 7.06. The smallest absolute Gasteiger partial charge is 0.238 e. The molecule has 0 radical (unpaired) electrons. The summed E-state index contributed by atoms with van der Waals surface area (Å²) >= 11 is 11.8. The third-order valence-corrected chi connectivity index (χ3v) is 2.97. The zero-order valence-corrected chi connectivity index (χ0v) is 12.0. The van der Waals surface area contributed by atoms with E-state index in [2.05, 4.69) is 4.98 Å². The first-order chi connectivity index (χ1) is 8.97. The Hall–Kier alpha value is -1.65. The van der Waals surface area contributed by atoms with E-state index in [1.165, 1.54) is 6.20 Å². The van der Waals surface area contributed by atoms with Crippen molar-refractivity contribution in [2.75, 3.05) is 24.7 Å². The van der Waals surface area contributed by atoms with Crippen LogP contribution in [0.15, 0.2) is 30.5 Å². The van der Waals surface area contributed by atoms with Crippen LogP contribution in [0.4, 0.5) is 11.4 Å². The maximum absolute atomic E-state index is 6.01. The minimum atomic E-state index is 0.272. The van der Waals surface area contributed by atoms with Crippen molar-refractivity contribution in [3.8, 4) is 11.6 Å². The minimum Gasteiger partial charge on any atom is -0.435 e. The molecule has 0 aliphatic rings. The van der Waals surface area contributed by atoms with E-state index in [0.717, 1.165) is 5.69 Å². The Morgan fingerprint density at radius 3 is 2.58 bits per heavy atom. The lowest BCUT2D eigenvalue weighted by atomic mass is 10.2. The molecule has 0 atom stereocenters. The van der Waals surface area contributed by atoms with E-state index in [4.69, 9.17) is 33.7 Å². The monoisotopic (exact) mass is 297 g/mol. The third-order valence-electron chi connectivity index (χ3n) is 2.49. The largest absolute Gasteiger partial charge is 0.435 e. The van der Waals surface area contributed by atoms with Crippen LogP contribution >= 0.6 is 23.2 Å². The minimum absolute atomic E-state index is 0.272. The van der Waals surface area contributed by atoms with Crippen LogP contribution in [0.1, 0.15) is 0 Å². The van der Waals surface area contributed by atoms with Crippen LogP contribution in [0, 0.1) is 0 Å². The Kier molecular flexibility index (Phi) is 4.02. The second-order valence-corrected chi connectivity index (χ2v) is 5.00. The zero-order valence-electron chi connectivity index (χ0n) is 10.5. The Labute approximate surface area is 121 Å². The van der Waals surface area contributed by atoms with Crippen LogP contribution < -0.4 is 15.4 Å². The lowest BCUT2D eigenvalue weighted by Crippen LogP contribution is -2.08. The summed E-state index contributed by atoms with van der Waals surface area (Å²) in [5.74, 6) is 0.775. The fraction of sp³-hybridized carbons (Fsp3) is 0.154. The van der Waals surface area contributed by atoms with Gasteiger partial charge in [0, 0.05) is 32.0 Å². The van der Waals surface area contributed by atoms with Gasteiger partial charge in [-0.3, -0.25) is 0 Å². The second-order valence-electron chi connectivity index (χ2n) is 4.16. The number of nitrogen functional groups attached to an aromatic ring is 1. The van der Waals surface area contributed by atoms with E-state index in [0.29, 0.717) is 21.5 Å². The second kappa shape index (κ2) is 5.55. The molecule has 1 aromatic carbocycles. The topological polar surface area (TPSA) is 51.4 Å². The van der Waals surface area contributed by atoms with E-state index in [-0.39, 0.29) is 5.88 Å². The number of aromatic nitrogens is 1. The fourth-order valence-electron chi connectivity index (χ4n) is 1.47. The molecule has 2 aromatic rings. The van der Waals surface area contributed by atoms with Gasteiger partial charge in [-0.05, 0) is 18.2 Å². The van der Waals surface area contributed by atoms with Crippen molar-refractivity contribution in [3.05, 3.63) is 40.5 Å². The lowest BCUT2D eigenvalue weighted by molar-refractivity contribution is 0.465. The molecule has 0 saturated carbocycles. The summed E-state index contributed by atoms with van der Waals surface area (Å²) in [7, 11) is 3.87. The molecule has 6 heteroatoms. The van der Waals surface area contributed by atoms with Gasteiger partial charge in [0.25, 0.3) is 0 Å². The average Bonchev–Trinajstić information content (AvgIpc) is 2.34. The van der Waals surface area contributed by atoms with E-state index >= 15 is 0 Å². The van der Waals surface area contributed by atoms with Gasteiger partial charge < -0.3 is 15.4 Å². The molecule has 100 valence electrons. The summed E-state index contributed by atoms with van der Waals surface area (Å²) < 4.78 is 5.63. The van der Waals surface area contributed by atoms with E-state index < -0.39 is 0 Å². The molecule has 0 unspecified atom stereocenters. The highest BCUT2D eigenvalue weighted by molar-refractivity contribution is 6.35. The molecule has 2 N–H and O–H groups in total. The Balaban J connectivity index is 2.34. The average molecular weight is 298 g/mol. The maximum atomic E-state index is 6.01. The molecule has 0 fully saturated rings. The molecule has 1 aromatic heterocycles. The van der Waals surface area contributed by atoms with Crippen molar-refractivity contribution in [2.24, 2.45) is 0 Å². The van der Waals surface area contributed by atoms with Gasteiger partial charge in [0.2, 0.25) is 5.88 Å². The molecule has 0 aliphatic heterocycles. The summed E-state index contributed by atoms with van der Waals surface area (Å²) in [5.41, 5.74) is 7.36. The number of benzene rings is 1. The summed E-state index contributed by atoms with van der Waals surface area (Å²) in [5, 5.41) is 0.787. The van der Waals surface area contributed by atoms with Crippen LogP contribution in [0.5, 0.6) is 11.6 Å². The number of nitrogens with zero attached hydrogens (tertiary/aromatic N) is 2. The van der Waals surface area contributed by atoms with Crippen molar-refractivity contribution in [1.82, 2.24) is 4.98 Å². The van der Waals surface area contributed by atoms with Gasteiger partial charge in [-0.1, -0.05) is 23.2 Å². The van der Waals surface area contributed by atoms with Gasteiger partial charge in [-0.2, -0.15) is 0 Å². The maximum Gasteiger partial charge on any atom is 0.238 e. The summed E-state index contributed by atoms with van der Waals surface area (Å²) in [4.78, 5) is 5.98. The zero-order chi connectivity index (χ0) is 14.0. The van der Waals surface area contributed by atoms with Gasteiger partial charge in [-0.25, -0.2) is 4.98 Å². The van der Waals surface area contributed by atoms with Crippen LogP contribution in [0.2, 0.25) is 10.0 Å². The predicted octanol–water partition coefficient (Wildman–Crippen LogP) is 3.83. The number of rotatable bonds is 3. The normalized spacial score (nSPS) is 10.3. The third kappa shape index (κ3) is 3.22. The first kappa shape index (κ1) is 13.8. The first-order valence-corrected chi connectivity index (χ1v) is 6.28. The Morgan fingerprint density at radius 2 is 1.95 bits per heavy atom. The molecular weight excluding hydrogens is 285 g/mol. The van der Waals surface area contributed by atoms with E-state index in [1.54, 1.807) is 12.1 Å². The number of anilines is 2. The van der Waals surface area contributed by atoms with Crippen molar-refractivity contribution in [3.63, 3.8) is 0 Å².